The van der Waals surface area contributed by atoms with Gasteiger partial charge in [0.05, 0.1) is 13.2 Å². The molecule has 1 rings (SSSR count). The molecule has 1 unspecified atom stereocenters. The number of amides is 1. The van der Waals surface area contributed by atoms with Crippen LogP contribution in [0.25, 0.3) is 0 Å². The van der Waals surface area contributed by atoms with Crippen LogP contribution < -0.4 is 0 Å². The van der Waals surface area contributed by atoms with Gasteiger partial charge in [-0.05, 0) is 12.8 Å². The van der Waals surface area contributed by atoms with Crippen LogP contribution in [0.2, 0.25) is 0 Å². The van der Waals surface area contributed by atoms with Crippen molar-refractivity contribution in [3.05, 3.63) is 10.1 Å². The number of rotatable bonds is 9. The Bertz CT molecular complexity index is 486. The van der Waals surface area contributed by atoms with E-state index in [4.69, 9.17) is 4.74 Å². The smallest absolute Gasteiger partial charge is 0.328 e. The standard InChI is InChI=1S/C14H22N2O7S/c1-10(24-11(2)17)9-13(18)15-6-3-5-12(15)14(19)22-7-4-8-23-16(20)21/h10,12H,3-9H2,1-2H3/t10?,12-/m0/s1. The molecule has 0 aromatic carbocycles. The topological polar surface area (TPSA) is 116 Å². The summed E-state index contributed by atoms with van der Waals surface area (Å²) < 4.78 is 5.06. The van der Waals surface area contributed by atoms with E-state index in [2.05, 4.69) is 4.84 Å². The molecule has 1 aliphatic rings. The van der Waals surface area contributed by atoms with Gasteiger partial charge in [0.25, 0.3) is 5.09 Å². The van der Waals surface area contributed by atoms with E-state index in [1.165, 1.54) is 11.8 Å². The van der Waals surface area contributed by atoms with Crippen molar-refractivity contribution in [2.24, 2.45) is 0 Å². The first-order chi connectivity index (χ1) is 11.3. The summed E-state index contributed by atoms with van der Waals surface area (Å²) in [6.07, 6.45) is 1.64. The number of carbonyl (C=O) groups is 3. The summed E-state index contributed by atoms with van der Waals surface area (Å²) in [5, 5.41) is 8.89. The lowest BCUT2D eigenvalue weighted by Gasteiger charge is -2.24. The third kappa shape index (κ3) is 7.16. The van der Waals surface area contributed by atoms with Gasteiger partial charge in [-0.15, -0.1) is 10.1 Å². The molecule has 10 heteroatoms. The van der Waals surface area contributed by atoms with Gasteiger partial charge in [-0.25, -0.2) is 4.79 Å². The number of carbonyl (C=O) groups excluding carboxylic acids is 3. The summed E-state index contributed by atoms with van der Waals surface area (Å²) in [5.41, 5.74) is 0. The van der Waals surface area contributed by atoms with Gasteiger partial charge in [0.2, 0.25) is 5.91 Å². The lowest BCUT2D eigenvalue weighted by atomic mass is 10.2. The van der Waals surface area contributed by atoms with Crippen molar-refractivity contribution in [1.82, 2.24) is 4.90 Å². The van der Waals surface area contributed by atoms with Crippen LogP contribution in [-0.2, 0) is 24.0 Å². The molecule has 0 radical (unpaired) electrons. The SMILES string of the molecule is CC(=O)SC(C)CC(=O)N1CCC[C@H]1C(=O)OCCCO[N+](=O)[O-]. The molecule has 0 N–H and O–H groups in total. The van der Waals surface area contributed by atoms with E-state index in [-0.39, 0.29) is 42.3 Å². The summed E-state index contributed by atoms with van der Waals surface area (Å²) in [4.78, 5) is 51.0. The van der Waals surface area contributed by atoms with Gasteiger partial charge in [-0.2, -0.15) is 0 Å². The Morgan fingerprint density at radius 3 is 2.71 bits per heavy atom. The van der Waals surface area contributed by atoms with Crippen LogP contribution in [0.1, 0.15) is 39.5 Å². The van der Waals surface area contributed by atoms with E-state index in [0.717, 1.165) is 11.8 Å². The van der Waals surface area contributed by atoms with Crippen LogP contribution in [0, 0.1) is 10.1 Å². The van der Waals surface area contributed by atoms with Gasteiger partial charge in [-0.1, -0.05) is 18.7 Å². The number of hydrogen-bond donors (Lipinski definition) is 0. The highest BCUT2D eigenvalue weighted by Crippen LogP contribution is 2.23. The van der Waals surface area contributed by atoms with Crippen LogP contribution >= 0.6 is 11.8 Å². The average molecular weight is 362 g/mol. The van der Waals surface area contributed by atoms with Gasteiger partial charge in [0.15, 0.2) is 5.12 Å². The predicted molar refractivity (Wildman–Crippen MR) is 85.6 cm³/mol. The molecular weight excluding hydrogens is 340 g/mol. The number of esters is 1. The third-order valence-electron chi connectivity index (χ3n) is 3.40. The zero-order valence-electron chi connectivity index (χ0n) is 13.8. The molecule has 1 fully saturated rings. The number of likely N-dealkylation sites (tertiary alicyclic amines) is 1. The minimum Gasteiger partial charge on any atom is -0.464 e. The maximum atomic E-state index is 12.3. The highest BCUT2D eigenvalue weighted by Gasteiger charge is 2.35. The normalized spacial score (nSPS) is 18.1. The van der Waals surface area contributed by atoms with Crippen molar-refractivity contribution >= 4 is 28.8 Å². The van der Waals surface area contributed by atoms with Gasteiger partial charge in [-0.3, -0.25) is 9.59 Å². The van der Waals surface area contributed by atoms with Crippen molar-refractivity contribution in [1.29, 1.82) is 0 Å². The van der Waals surface area contributed by atoms with Crippen LogP contribution in [-0.4, -0.2) is 58.0 Å². The second-order valence-electron chi connectivity index (χ2n) is 5.45. The zero-order chi connectivity index (χ0) is 18.1. The molecule has 9 nitrogen and oxygen atoms in total. The van der Waals surface area contributed by atoms with E-state index in [9.17, 15) is 24.5 Å². The molecule has 2 atom stereocenters. The first-order valence-electron chi connectivity index (χ1n) is 7.72. The van der Waals surface area contributed by atoms with Gasteiger partial charge in [0, 0.05) is 31.6 Å². The minimum absolute atomic E-state index is 0.00178. The van der Waals surface area contributed by atoms with Crippen LogP contribution in [0.15, 0.2) is 0 Å². The number of nitrogens with zero attached hydrogens (tertiary/aromatic N) is 2. The molecule has 0 aromatic rings. The van der Waals surface area contributed by atoms with Crippen molar-refractivity contribution < 1.29 is 29.0 Å². The van der Waals surface area contributed by atoms with Crippen LogP contribution in [0.3, 0.4) is 0 Å². The fraction of sp³-hybridized carbons (Fsp3) is 0.786. The first-order valence-corrected chi connectivity index (χ1v) is 8.60. The zero-order valence-corrected chi connectivity index (χ0v) is 14.6. The molecule has 0 aliphatic carbocycles. The van der Waals surface area contributed by atoms with E-state index >= 15 is 0 Å². The predicted octanol–water partition coefficient (Wildman–Crippen LogP) is 1.18. The van der Waals surface area contributed by atoms with Crippen molar-refractivity contribution in [3.8, 4) is 0 Å². The lowest BCUT2D eigenvalue weighted by molar-refractivity contribution is -0.757. The lowest BCUT2D eigenvalue weighted by Crippen LogP contribution is -2.42. The Kier molecular flexibility index (Phi) is 8.51. The minimum atomic E-state index is -0.903. The van der Waals surface area contributed by atoms with E-state index in [0.29, 0.717) is 19.4 Å². The highest BCUT2D eigenvalue weighted by molar-refractivity contribution is 8.14. The molecule has 136 valence electrons. The molecule has 1 aliphatic heterocycles. The molecule has 0 saturated carbocycles. The second kappa shape index (κ2) is 10.1. The van der Waals surface area contributed by atoms with Crippen molar-refractivity contribution in [3.63, 3.8) is 0 Å². The molecule has 1 heterocycles. The van der Waals surface area contributed by atoms with Gasteiger partial charge < -0.3 is 14.5 Å². The Morgan fingerprint density at radius 2 is 2.08 bits per heavy atom. The largest absolute Gasteiger partial charge is 0.464 e. The molecule has 1 saturated heterocycles. The van der Waals surface area contributed by atoms with Gasteiger partial charge in [0.1, 0.15) is 6.04 Å². The summed E-state index contributed by atoms with van der Waals surface area (Å²) in [5.74, 6) is -0.679. The fourth-order valence-corrected chi connectivity index (χ4v) is 3.26. The Morgan fingerprint density at radius 1 is 1.38 bits per heavy atom. The van der Waals surface area contributed by atoms with Crippen molar-refractivity contribution in [2.75, 3.05) is 19.8 Å². The quantitative estimate of drug-likeness (QED) is 0.260. The van der Waals surface area contributed by atoms with Gasteiger partial charge >= 0.3 is 5.97 Å². The maximum absolute atomic E-state index is 12.3. The second-order valence-corrected chi connectivity index (χ2v) is 7.06. The molecule has 24 heavy (non-hydrogen) atoms. The van der Waals surface area contributed by atoms with E-state index < -0.39 is 17.1 Å². The monoisotopic (exact) mass is 362 g/mol. The molecule has 0 bridgehead atoms. The number of hydrogen-bond acceptors (Lipinski definition) is 8. The Hall–Kier alpha value is -1.84. The molecule has 1 amide bonds. The van der Waals surface area contributed by atoms with E-state index in [1.54, 1.807) is 6.92 Å². The third-order valence-corrected chi connectivity index (χ3v) is 4.31. The average Bonchev–Trinajstić information content (AvgIpc) is 2.94. The molecule has 0 aromatic heterocycles. The van der Waals surface area contributed by atoms with Crippen LogP contribution in [0.4, 0.5) is 0 Å². The summed E-state index contributed by atoms with van der Waals surface area (Å²) in [6, 6.07) is -0.622. The molecular formula is C14H22N2O7S. The summed E-state index contributed by atoms with van der Waals surface area (Å²) >= 11 is 1.10. The number of ether oxygens (including phenoxy) is 1. The number of thioether (sulfide) groups is 1. The summed E-state index contributed by atoms with van der Waals surface area (Å²) in [7, 11) is 0. The first kappa shape index (κ1) is 20.2. The van der Waals surface area contributed by atoms with Crippen LogP contribution in [0.5, 0.6) is 0 Å². The molecule has 0 spiro atoms. The van der Waals surface area contributed by atoms with Crippen molar-refractivity contribution in [2.45, 2.75) is 50.8 Å². The maximum Gasteiger partial charge on any atom is 0.328 e. The highest BCUT2D eigenvalue weighted by atomic mass is 32.2. The van der Waals surface area contributed by atoms with E-state index in [1.807, 2.05) is 0 Å². The summed E-state index contributed by atoms with van der Waals surface area (Å²) in [6.45, 7) is 3.59. The Labute approximate surface area is 144 Å². The Balaban J connectivity index is 2.40. The fourth-order valence-electron chi connectivity index (χ4n) is 2.47.